The maximum Gasteiger partial charge on any atom is 2.00 e. The van der Waals surface area contributed by atoms with Crippen molar-refractivity contribution in [1.82, 2.24) is 40.1 Å². The number of rotatable bonds is 6. The van der Waals surface area contributed by atoms with Crippen LogP contribution in [-0.2, 0) is 40.8 Å². The van der Waals surface area contributed by atoms with Gasteiger partial charge >= 0.3 is 20.4 Å². The van der Waals surface area contributed by atoms with Crippen LogP contribution in [-0.4, -0.2) is 55.3 Å². The molecule has 0 bridgehead atoms. The summed E-state index contributed by atoms with van der Waals surface area (Å²) in [4.78, 5) is 59.4. The van der Waals surface area contributed by atoms with Gasteiger partial charge in [0.05, 0.1) is 65.9 Å². The summed E-state index contributed by atoms with van der Waals surface area (Å²) in [5.74, 6) is 0. The van der Waals surface area contributed by atoms with Gasteiger partial charge in [0, 0.05) is 50.9 Å². The minimum absolute atomic E-state index is 0. The molecule has 0 unspecified atom stereocenters. The van der Waals surface area contributed by atoms with E-state index in [-0.39, 0.29) is 40.8 Å². The molecule has 7 heterocycles. The molecule has 0 amide bonds. The first-order chi connectivity index (χ1) is 33.2. The Morgan fingerprint density at radius 2 is 0.577 bits per heavy atom. The Morgan fingerprint density at radius 3 is 0.845 bits per heavy atom. The molecule has 0 fully saturated rings. The molecule has 0 N–H and O–H groups in total. The van der Waals surface area contributed by atoms with Crippen molar-refractivity contribution in [2.24, 2.45) is 0 Å². The van der Waals surface area contributed by atoms with Crippen LogP contribution in [0, 0.1) is 61.3 Å². The quantitative estimate of drug-likeness (QED) is 0.0851. The van der Waals surface area contributed by atoms with Gasteiger partial charge in [-0.05, 0) is 83.9 Å². The molecular formula is C45H33N12O12Pd2-3. The van der Waals surface area contributed by atoms with Gasteiger partial charge in [-0.25, -0.2) is 9.97 Å². The fourth-order valence-corrected chi connectivity index (χ4v) is 5.29. The van der Waals surface area contributed by atoms with Gasteiger partial charge in [-0.15, -0.1) is 5.69 Å². The van der Waals surface area contributed by atoms with Gasteiger partial charge in [0.2, 0.25) is 0 Å². The Bertz CT molecular complexity index is 2560. The first-order valence-corrected chi connectivity index (χ1v) is 19.2. The molecule has 0 radical (unpaired) electrons. The normalized spacial score (nSPS) is 9.01. The van der Waals surface area contributed by atoms with Gasteiger partial charge in [0.15, 0.2) is 0 Å². The number of aromatic nitrogens is 8. The number of nitrogens with zero attached hydrogens (tertiary/aromatic N) is 12. The molecular weight excluding hydrogens is 1110 g/mol. The number of hydrogen-bond acceptors (Lipinski definition) is 19. The van der Waals surface area contributed by atoms with Crippen molar-refractivity contribution in [3.8, 4) is 68.1 Å². The molecule has 368 valence electrons. The van der Waals surface area contributed by atoms with Gasteiger partial charge in [-0.3, -0.25) is 19.9 Å². The zero-order valence-corrected chi connectivity index (χ0v) is 39.1. The van der Waals surface area contributed by atoms with E-state index >= 15 is 0 Å². The van der Waals surface area contributed by atoms with E-state index in [4.69, 9.17) is 61.3 Å². The average molecular weight is 1150 g/mol. The Morgan fingerprint density at radius 1 is 0.324 bits per heavy atom. The zero-order chi connectivity index (χ0) is 50.2. The molecule has 0 aliphatic carbocycles. The second-order valence-electron chi connectivity index (χ2n) is 12.4. The summed E-state index contributed by atoms with van der Waals surface area (Å²) in [6.45, 7) is 0. The molecule has 26 heteroatoms. The molecule has 24 nitrogen and oxygen atoms in total. The van der Waals surface area contributed by atoms with Crippen LogP contribution >= 0.6 is 0 Å². The van der Waals surface area contributed by atoms with E-state index in [1.54, 1.807) is 24.8 Å². The first-order valence-electron chi connectivity index (χ1n) is 19.2. The second-order valence-corrected chi connectivity index (χ2v) is 12.4. The smallest absolute Gasteiger partial charge is 0.574 e. The molecule has 0 saturated carbocycles. The van der Waals surface area contributed by atoms with E-state index < -0.39 is 20.3 Å². The molecule has 9 rings (SSSR count). The van der Waals surface area contributed by atoms with Crippen LogP contribution < -0.4 is 5.10 Å². The van der Waals surface area contributed by atoms with Crippen LogP contribution in [0.5, 0.6) is 0 Å². The summed E-state index contributed by atoms with van der Waals surface area (Å²) in [6, 6.07) is 57.2. The van der Waals surface area contributed by atoms with Crippen LogP contribution in [0.4, 0.5) is 0 Å². The van der Waals surface area contributed by atoms with E-state index in [2.05, 4.69) is 40.1 Å². The fourth-order valence-electron chi connectivity index (χ4n) is 5.29. The van der Waals surface area contributed by atoms with Crippen molar-refractivity contribution < 1.29 is 61.2 Å². The van der Waals surface area contributed by atoms with E-state index in [1.165, 1.54) is 0 Å². The fraction of sp³-hybridized carbons (Fsp3) is 0. The Balaban J connectivity index is 0.000000456. The number of pyridine rings is 6. The summed E-state index contributed by atoms with van der Waals surface area (Å²) in [7, 11) is 0. The minimum Gasteiger partial charge on any atom is -0.574 e. The van der Waals surface area contributed by atoms with Crippen molar-refractivity contribution >= 4 is 0 Å². The number of benzene rings is 2. The topological polar surface area (TPSA) is 369 Å². The van der Waals surface area contributed by atoms with Crippen LogP contribution in [0.3, 0.4) is 0 Å². The third-order valence-electron chi connectivity index (χ3n) is 7.89. The van der Waals surface area contributed by atoms with Crippen LogP contribution in [0.2, 0.25) is 0 Å². The standard InChI is InChI=1S/2C15H11N3.C15H11N2.4NO3.2Pd/c2*1-3-10-16-12(6-1)14-8-5-9-15(18-14)13-7-2-4-11-17-13;1-3-7-12(8-4-1)14-11-15(17-16-14)13-9-5-2-6-10-13;4*2-1(3)4;;/h2*1-11H;1-11H;;;;;;/q;;5*-1;;+2. The Labute approximate surface area is 429 Å². The Hall–Kier alpha value is -9.33. The minimum atomic E-state index is -1.75. The molecule has 2 aromatic carbocycles. The molecule has 0 saturated heterocycles. The monoisotopic (exact) mass is 1150 g/mol. The molecule has 71 heavy (non-hydrogen) atoms. The average Bonchev–Trinajstić information content (AvgIpc) is 3.87. The van der Waals surface area contributed by atoms with E-state index in [9.17, 15) is 0 Å². The van der Waals surface area contributed by atoms with Crippen LogP contribution in [0.1, 0.15) is 0 Å². The van der Waals surface area contributed by atoms with Gasteiger partial charge in [-0.2, -0.15) is 0 Å². The van der Waals surface area contributed by atoms with Gasteiger partial charge < -0.3 is 71.5 Å². The van der Waals surface area contributed by atoms with Gasteiger partial charge in [0.1, 0.15) is 0 Å². The summed E-state index contributed by atoms with van der Waals surface area (Å²) >= 11 is 0. The van der Waals surface area contributed by atoms with Crippen LogP contribution in [0.15, 0.2) is 201 Å². The van der Waals surface area contributed by atoms with Crippen molar-refractivity contribution in [3.05, 3.63) is 262 Å². The van der Waals surface area contributed by atoms with Crippen molar-refractivity contribution in [2.75, 3.05) is 0 Å². The summed E-state index contributed by atoms with van der Waals surface area (Å²) in [5.41, 5.74) is 11.0. The van der Waals surface area contributed by atoms with Crippen molar-refractivity contribution in [2.45, 2.75) is 0 Å². The zero-order valence-electron chi connectivity index (χ0n) is 36.0. The van der Waals surface area contributed by atoms with E-state index in [0.29, 0.717) is 0 Å². The van der Waals surface area contributed by atoms with Crippen molar-refractivity contribution in [1.29, 1.82) is 0 Å². The maximum atomic E-state index is 8.25. The summed E-state index contributed by atoms with van der Waals surface area (Å²) < 4.78 is 0. The predicted octanol–water partition coefficient (Wildman–Crippen LogP) is 8.82. The first kappa shape index (κ1) is 59.7. The molecule has 0 aliphatic rings. The second kappa shape index (κ2) is 34.0. The Kier molecular flexibility index (Phi) is 28.6. The third kappa shape index (κ3) is 24.9. The van der Waals surface area contributed by atoms with E-state index in [1.807, 2.05) is 176 Å². The third-order valence-corrected chi connectivity index (χ3v) is 7.89. The summed E-state index contributed by atoms with van der Waals surface area (Å²) in [5, 5.41) is 67.4. The largest absolute Gasteiger partial charge is 2.00 e. The molecule has 7 aromatic heterocycles. The predicted molar refractivity (Wildman–Crippen MR) is 251 cm³/mol. The number of hydrogen-bond donors (Lipinski definition) is 0. The SMILES string of the molecule is O=[N+]([O-])[O-].O=[N+]([O-])[O-].O=[N+]([O-])[O-].O=[N+]([O-])[O-].[Pd+2].[Pd].c1ccc(-c2cc(-c3ccccc3)[n-]n2)cc1.c1ccc(-c2cccc(-c3ccccn3)n2)nc1.c1ccc(-c2cccc(-c3ccccn3)n2)nc1. The maximum absolute atomic E-state index is 8.25. The van der Waals surface area contributed by atoms with Gasteiger partial charge in [0.25, 0.3) is 0 Å². The molecule has 9 aromatic rings. The van der Waals surface area contributed by atoms with Gasteiger partial charge in [-0.1, -0.05) is 103 Å². The molecule has 0 aliphatic heterocycles. The summed E-state index contributed by atoms with van der Waals surface area (Å²) in [6.07, 6.45) is 7.07. The molecule has 0 spiro atoms. The molecule has 0 atom stereocenters. The van der Waals surface area contributed by atoms with Crippen LogP contribution in [0.25, 0.3) is 68.1 Å². The van der Waals surface area contributed by atoms with Crippen molar-refractivity contribution in [3.63, 3.8) is 0 Å². The van der Waals surface area contributed by atoms with E-state index in [0.717, 1.165) is 68.1 Å².